The van der Waals surface area contributed by atoms with Crippen molar-refractivity contribution in [3.05, 3.63) is 17.5 Å². The molecule has 1 unspecified atom stereocenters. The maximum atomic E-state index is 11.8. The summed E-state index contributed by atoms with van der Waals surface area (Å²) in [7, 11) is -2.34. The van der Waals surface area contributed by atoms with Crippen molar-refractivity contribution in [3.63, 3.8) is 0 Å². The molecule has 0 aliphatic rings. The molecule has 0 amide bonds. The van der Waals surface area contributed by atoms with Gasteiger partial charge in [-0.05, 0) is 17.9 Å². The molecular weight excluding hydrogens is 266 g/mol. The lowest BCUT2D eigenvalue weighted by atomic mass is 10.2. The van der Waals surface area contributed by atoms with Gasteiger partial charge in [-0.25, -0.2) is 8.42 Å². The molecule has 1 heterocycles. The lowest BCUT2D eigenvalue weighted by molar-refractivity contribution is -0.139. The third-order valence-electron chi connectivity index (χ3n) is 1.97. The first-order chi connectivity index (χ1) is 7.97. The summed E-state index contributed by atoms with van der Waals surface area (Å²) in [4.78, 5) is 10.9. The molecule has 0 fully saturated rings. The standard InChI is InChI=1S/C9H13NO5S2/c1-15-5-4-7(9(11)12)10-17(13,14)8-3-2-6-16-8/h2-3,6-7,10H,4-5H2,1H3,(H,11,12). The fourth-order valence-corrected chi connectivity index (χ4v) is 3.36. The summed E-state index contributed by atoms with van der Waals surface area (Å²) in [6.07, 6.45) is 0.0798. The molecule has 1 rings (SSSR count). The van der Waals surface area contributed by atoms with Crippen LogP contribution in [0.2, 0.25) is 0 Å². The third kappa shape index (κ3) is 4.08. The summed E-state index contributed by atoms with van der Waals surface area (Å²) in [5.74, 6) is -1.22. The van der Waals surface area contributed by atoms with Crippen LogP contribution in [0.4, 0.5) is 0 Å². The molecule has 0 spiro atoms. The van der Waals surface area contributed by atoms with Gasteiger partial charge in [0, 0.05) is 13.7 Å². The topological polar surface area (TPSA) is 92.7 Å². The molecule has 6 nitrogen and oxygen atoms in total. The van der Waals surface area contributed by atoms with Crippen LogP contribution in [0.3, 0.4) is 0 Å². The van der Waals surface area contributed by atoms with Gasteiger partial charge in [-0.15, -0.1) is 11.3 Å². The number of sulfonamides is 1. The Hall–Kier alpha value is -0.960. The van der Waals surface area contributed by atoms with Crippen molar-refractivity contribution in [2.24, 2.45) is 0 Å². The zero-order chi connectivity index (χ0) is 12.9. The molecule has 1 atom stereocenters. The van der Waals surface area contributed by atoms with Crippen molar-refractivity contribution < 1.29 is 23.1 Å². The highest BCUT2D eigenvalue weighted by Gasteiger charge is 2.25. The first-order valence-corrected chi connectivity index (χ1v) is 7.11. The fourth-order valence-electron chi connectivity index (χ4n) is 1.13. The average Bonchev–Trinajstić information content (AvgIpc) is 2.77. The molecule has 0 aromatic carbocycles. The van der Waals surface area contributed by atoms with E-state index in [1.807, 2.05) is 0 Å². The van der Waals surface area contributed by atoms with E-state index in [1.54, 1.807) is 11.4 Å². The van der Waals surface area contributed by atoms with Crippen LogP contribution in [-0.2, 0) is 19.6 Å². The van der Waals surface area contributed by atoms with Crippen molar-refractivity contribution in [1.29, 1.82) is 0 Å². The van der Waals surface area contributed by atoms with E-state index in [0.717, 1.165) is 11.3 Å². The maximum absolute atomic E-state index is 11.8. The third-order valence-corrected chi connectivity index (χ3v) is 4.84. The van der Waals surface area contributed by atoms with E-state index in [1.165, 1.54) is 13.2 Å². The highest BCUT2D eigenvalue weighted by molar-refractivity contribution is 7.91. The van der Waals surface area contributed by atoms with E-state index in [0.29, 0.717) is 0 Å². The summed E-state index contributed by atoms with van der Waals surface area (Å²) in [5.41, 5.74) is 0. The molecule has 1 aromatic rings. The number of nitrogens with one attached hydrogen (secondary N) is 1. The van der Waals surface area contributed by atoms with Crippen molar-refractivity contribution in [3.8, 4) is 0 Å². The molecule has 0 radical (unpaired) electrons. The Labute approximate surface area is 103 Å². The Balaban J connectivity index is 2.76. The molecule has 0 aliphatic heterocycles. The van der Waals surface area contributed by atoms with E-state index in [4.69, 9.17) is 9.84 Å². The number of hydrogen-bond donors (Lipinski definition) is 2. The number of thiophene rings is 1. The minimum Gasteiger partial charge on any atom is -0.480 e. The summed E-state index contributed by atoms with van der Waals surface area (Å²) in [6, 6.07) is 1.83. The van der Waals surface area contributed by atoms with Crippen LogP contribution in [-0.4, -0.2) is 39.3 Å². The predicted octanol–water partition coefficient (Wildman–Crippen LogP) is 0.516. The predicted molar refractivity (Wildman–Crippen MR) is 62.6 cm³/mol. The summed E-state index contributed by atoms with van der Waals surface area (Å²) in [6.45, 7) is 0.171. The van der Waals surface area contributed by atoms with Crippen molar-refractivity contribution in [2.75, 3.05) is 13.7 Å². The van der Waals surface area contributed by atoms with Crippen molar-refractivity contribution in [1.82, 2.24) is 4.72 Å². The van der Waals surface area contributed by atoms with E-state index < -0.39 is 22.0 Å². The van der Waals surface area contributed by atoms with Crippen LogP contribution in [0.5, 0.6) is 0 Å². The molecule has 0 saturated heterocycles. The second-order valence-corrected chi connectivity index (χ2v) is 6.11. The van der Waals surface area contributed by atoms with Gasteiger partial charge in [0.05, 0.1) is 0 Å². The Morgan fingerprint density at radius 1 is 1.65 bits per heavy atom. The van der Waals surface area contributed by atoms with Gasteiger partial charge in [-0.2, -0.15) is 4.72 Å². The van der Waals surface area contributed by atoms with E-state index in [2.05, 4.69) is 4.72 Å². The average molecular weight is 279 g/mol. The Kier molecular flexibility index (Phi) is 5.06. The molecule has 1 aromatic heterocycles. The first kappa shape index (κ1) is 14.1. The fraction of sp³-hybridized carbons (Fsp3) is 0.444. The van der Waals surface area contributed by atoms with Gasteiger partial charge in [0.15, 0.2) is 0 Å². The van der Waals surface area contributed by atoms with Crippen LogP contribution in [0.1, 0.15) is 6.42 Å². The minimum atomic E-state index is -3.76. The molecule has 0 aliphatic carbocycles. The molecule has 17 heavy (non-hydrogen) atoms. The highest BCUT2D eigenvalue weighted by atomic mass is 32.2. The normalized spacial score (nSPS) is 13.5. The van der Waals surface area contributed by atoms with Gasteiger partial charge in [-0.1, -0.05) is 6.07 Å². The molecule has 8 heteroatoms. The van der Waals surface area contributed by atoms with Crippen LogP contribution in [0.25, 0.3) is 0 Å². The smallest absolute Gasteiger partial charge is 0.321 e. The number of rotatable bonds is 7. The molecule has 2 N–H and O–H groups in total. The number of methoxy groups -OCH3 is 1. The van der Waals surface area contributed by atoms with Crippen LogP contribution in [0.15, 0.2) is 21.7 Å². The van der Waals surface area contributed by atoms with Gasteiger partial charge in [0.2, 0.25) is 0 Å². The monoisotopic (exact) mass is 279 g/mol. The van der Waals surface area contributed by atoms with Crippen LogP contribution < -0.4 is 4.72 Å². The largest absolute Gasteiger partial charge is 0.480 e. The second kappa shape index (κ2) is 6.10. The Morgan fingerprint density at radius 3 is 2.82 bits per heavy atom. The van der Waals surface area contributed by atoms with Gasteiger partial charge >= 0.3 is 5.97 Å². The zero-order valence-corrected chi connectivity index (χ0v) is 10.8. The molecular formula is C9H13NO5S2. The van der Waals surface area contributed by atoms with Gasteiger partial charge in [-0.3, -0.25) is 4.79 Å². The van der Waals surface area contributed by atoms with Crippen molar-refractivity contribution in [2.45, 2.75) is 16.7 Å². The van der Waals surface area contributed by atoms with Crippen molar-refractivity contribution >= 4 is 27.3 Å². The van der Waals surface area contributed by atoms with Crippen LogP contribution >= 0.6 is 11.3 Å². The number of ether oxygens (including phenoxy) is 1. The lowest BCUT2D eigenvalue weighted by Gasteiger charge is -2.13. The SMILES string of the molecule is COCCC(NS(=O)(=O)c1cccs1)C(=O)O. The number of carboxylic acids is 1. The van der Waals surface area contributed by atoms with Crippen LogP contribution in [0, 0.1) is 0 Å². The number of aliphatic carboxylic acids is 1. The van der Waals surface area contributed by atoms with Gasteiger partial charge < -0.3 is 9.84 Å². The zero-order valence-electron chi connectivity index (χ0n) is 9.12. The highest BCUT2D eigenvalue weighted by Crippen LogP contribution is 2.16. The van der Waals surface area contributed by atoms with E-state index in [-0.39, 0.29) is 17.2 Å². The molecule has 96 valence electrons. The minimum absolute atomic E-state index is 0.0798. The summed E-state index contributed by atoms with van der Waals surface area (Å²) >= 11 is 1.03. The Bertz CT molecular complexity index is 454. The summed E-state index contributed by atoms with van der Waals surface area (Å²) < 4.78 is 30.5. The Morgan fingerprint density at radius 2 is 2.35 bits per heavy atom. The molecule has 0 bridgehead atoms. The first-order valence-electron chi connectivity index (χ1n) is 4.75. The maximum Gasteiger partial charge on any atom is 0.321 e. The van der Waals surface area contributed by atoms with Gasteiger partial charge in [0.1, 0.15) is 10.3 Å². The number of carboxylic acid groups (broad SMARTS) is 1. The number of carbonyl (C=O) groups is 1. The lowest BCUT2D eigenvalue weighted by Crippen LogP contribution is -2.41. The molecule has 0 saturated carbocycles. The number of hydrogen-bond acceptors (Lipinski definition) is 5. The van der Waals surface area contributed by atoms with E-state index >= 15 is 0 Å². The van der Waals surface area contributed by atoms with E-state index in [9.17, 15) is 13.2 Å². The summed E-state index contributed by atoms with van der Waals surface area (Å²) in [5, 5.41) is 10.5. The second-order valence-electron chi connectivity index (χ2n) is 3.23. The quantitative estimate of drug-likeness (QED) is 0.759. The van der Waals surface area contributed by atoms with Gasteiger partial charge in [0.25, 0.3) is 10.0 Å².